The van der Waals surface area contributed by atoms with Crippen molar-refractivity contribution in [2.24, 2.45) is 5.92 Å². The number of likely N-dealkylation sites (N-methyl/N-ethyl adjacent to an activating group) is 2. The Bertz CT molecular complexity index is 1320. The number of nitrogens with zero attached hydrogens (tertiary/aromatic N) is 2. The fraction of sp³-hybridized carbons (Fsp3) is 0.353. The summed E-state index contributed by atoms with van der Waals surface area (Å²) >= 11 is 0. The molecule has 220 valence electrons. The van der Waals surface area contributed by atoms with Gasteiger partial charge in [-0.15, -0.1) is 0 Å². The number of benzene rings is 3. The molecule has 8 nitrogen and oxygen atoms in total. The molecule has 4 amide bonds. The van der Waals surface area contributed by atoms with Crippen LogP contribution < -0.4 is 10.6 Å². The summed E-state index contributed by atoms with van der Waals surface area (Å²) < 4.78 is 0. The molecule has 3 aromatic rings. The maximum atomic E-state index is 14.1. The van der Waals surface area contributed by atoms with Gasteiger partial charge in [-0.25, -0.2) is 0 Å². The highest BCUT2D eigenvalue weighted by atomic mass is 16.2. The quantitative estimate of drug-likeness (QED) is 0.458. The van der Waals surface area contributed by atoms with Crippen LogP contribution in [0.2, 0.25) is 0 Å². The first kappa shape index (κ1) is 30.5. The van der Waals surface area contributed by atoms with Crippen LogP contribution in [0.15, 0.2) is 91.0 Å². The van der Waals surface area contributed by atoms with Crippen LogP contribution in [0.5, 0.6) is 0 Å². The Morgan fingerprint density at radius 1 is 0.571 bits per heavy atom. The van der Waals surface area contributed by atoms with E-state index in [4.69, 9.17) is 0 Å². The van der Waals surface area contributed by atoms with Crippen molar-refractivity contribution in [3.05, 3.63) is 108 Å². The topological polar surface area (TPSA) is 98.8 Å². The molecule has 2 N–H and O–H groups in total. The van der Waals surface area contributed by atoms with E-state index in [1.807, 2.05) is 105 Å². The highest BCUT2D eigenvalue weighted by Gasteiger charge is 2.40. The number of hydrogen-bond acceptors (Lipinski definition) is 4. The van der Waals surface area contributed by atoms with Gasteiger partial charge >= 0.3 is 0 Å². The number of nitrogens with one attached hydrogen (secondary N) is 2. The van der Waals surface area contributed by atoms with Gasteiger partial charge in [0, 0.05) is 33.4 Å². The van der Waals surface area contributed by atoms with Gasteiger partial charge in [-0.2, -0.15) is 0 Å². The predicted molar refractivity (Wildman–Crippen MR) is 162 cm³/mol. The molecule has 3 aromatic carbocycles. The smallest absolute Gasteiger partial charge is 0.245 e. The van der Waals surface area contributed by atoms with E-state index in [-0.39, 0.29) is 37.0 Å². The highest BCUT2D eigenvalue weighted by molar-refractivity contribution is 5.97. The molecule has 0 radical (unpaired) electrons. The lowest BCUT2D eigenvalue weighted by molar-refractivity contribution is -0.148. The summed E-state index contributed by atoms with van der Waals surface area (Å²) in [6.45, 7) is 3.71. The largest absolute Gasteiger partial charge is 0.342 e. The Morgan fingerprint density at radius 3 is 1.38 bits per heavy atom. The molecule has 0 saturated carbocycles. The van der Waals surface area contributed by atoms with E-state index in [2.05, 4.69) is 10.6 Å². The van der Waals surface area contributed by atoms with Gasteiger partial charge < -0.3 is 20.4 Å². The first-order valence-corrected chi connectivity index (χ1v) is 14.4. The summed E-state index contributed by atoms with van der Waals surface area (Å²) in [6.07, 6.45) is 0.749. The number of amides is 4. The first-order valence-electron chi connectivity index (χ1n) is 14.4. The molecule has 42 heavy (non-hydrogen) atoms. The molecule has 0 bridgehead atoms. The van der Waals surface area contributed by atoms with Gasteiger partial charge in [-0.3, -0.25) is 19.2 Å². The minimum Gasteiger partial charge on any atom is -0.342 e. The van der Waals surface area contributed by atoms with E-state index in [0.29, 0.717) is 0 Å². The maximum Gasteiger partial charge on any atom is 0.245 e. The minimum absolute atomic E-state index is 0.236. The van der Waals surface area contributed by atoms with Crippen LogP contribution in [0.25, 0.3) is 0 Å². The van der Waals surface area contributed by atoms with Crippen LogP contribution in [-0.4, -0.2) is 71.7 Å². The second-order valence-electron chi connectivity index (χ2n) is 11.3. The Labute approximate surface area is 248 Å². The Kier molecular flexibility index (Phi) is 10.1. The van der Waals surface area contributed by atoms with Crippen LogP contribution in [0, 0.1) is 5.92 Å². The molecule has 8 heteroatoms. The summed E-state index contributed by atoms with van der Waals surface area (Å²) in [4.78, 5) is 58.8. The summed E-state index contributed by atoms with van der Waals surface area (Å²) in [5, 5.41) is 5.92. The molecule has 0 unspecified atom stereocenters. The number of carbonyl (C=O) groups is 4. The Hall–Kier alpha value is -4.46. The second kappa shape index (κ2) is 13.9. The molecule has 0 aromatic heterocycles. The number of carbonyl (C=O) groups excluding carboxylic acids is 4. The third-order valence-electron chi connectivity index (χ3n) is 7.91. The molecule has 1 saturated heterocycles. The van der Waals surface area contributed by atoms with Crippen molar-refractivity contribution in [2.75, 3.05) is 14.1 Å². The van der Waals surface area contributed by atoms with E-state index < -0.39 is 36.0 Å². The maximum absolute atomic E-state index is 14.1. The molecule has 4 rings (SSSR count). The Morgan fingerprint density at radius 2 is 0.952 bits per heavy atom. The fourth-order valence-electron chi connectivity index (χ4n) is 5.34. The zero-order valence-electron chi connectivity index (χ0n) is 24.7. The van der Waals surface area contributed by atoms with Gasteiger partial charge in [-0.05, 0) is 22.6 Å². The van der Waals surface area contributed by atoms with Crippen molar-refractivity contribution in [1.82, 2.24) is 20.4 Å². The summed E-state index contributed by atoms with van der Waals surface area (Å²) in [5.41, 5.74) is 2.62. The minimum atomic E-state index is -0.946. The molecule has 1 heterocycles. The van der Waals surface area contributed by atoms with Crippen LogP contribution in [-0.2, 0) is 38.4 Å². The lowest BCUT2D eigenvalue weighted by Gasteiger charge is -2.37. The number of hydrogen-bond donors (Lipinski definition) is 2. The van der Waals surface area contributed by atoms with Crippen LogP contribution >= 0.6 is 0 Å². The molecule has 1 aliphatic heterocycles. The van der Waals surface area contributed by atoms with Crippen molar-refractivity contribution in [3.63, 3.8) is 0 Å². The van der Waals surface area contributed by atoms with E-state index in [1.54, 1.807) is 14.1 Å². The third-order valence-corrected chi connectivity index (χ3v) is 7.91. The highest BCUT2D eigenvalue weighted by Crippen LogP contribution is 2.18. The standard InChI is InChI=1S/C34H40N4O4/c1-23(2)30-34(42)38(4)28(21-25-16-10-6-11-17-25)31(39)35-27(20-24-14-8-5-9-15-24)33(41)37(3)29(32(40)36-30)22-26-18-12-7-13-19-26/h5-19,23,27-30H,20-22H2,1-4H3,(H,35,39)(H,36,40)/t27-,28-,29-,30-/m0/s1. The average molecular weight is 569 g/mol. The van der Waals surface area contributed by atoms with E-state index in [0.717, 1.165) is 16.7 Å². The van der Waals surface area contributed by atoms with E-state index >= 15 is 0 Å². The van der Waals surface area contributed by atoms with Crippen LogP contribution in [0.4, 0.5) is 0 Å². The second-order valence-corrected chi connectivity index (χ2v) is 11.3. The predicted octanol–water partition coefficient (Wildman–Crippen LogP) is 3.01. The lowest BCUT2D eigenvalue weighted by Crippen LogP contribution is -2.63. The van der Waals surface area contributed by atoms with Crippen molar-refractivity contribution in [2.45, 2.75) is 57.3 Å². The van der Waals surface area contributed by atoms with Crippen LogP contribution in [0.1, 0.15) is 30.5 Å². The molecule has 1 aliphatic rings. The van der Waals surface area contributed by atoms with E-state index in [1.165, 1.54) is 9.80 Å². The van der Waals surface area contributed by atoms with Crippen molar-refractivity contribution >= 4 is 23.6 Å². The lowest BCUT2D eigenvalue weighted by atomic mass is 9.96. The monoisotopic (exact) mass is 568 g/mol. The van der Waals surface area contributed by atoms with Gasteiger partial charge in [0.1, 0.15) is 24.2 Å². The van der Waals surface area contributed by atoms with Crippen molar-refractivity contribution in [3.8, 4) is 0 Å². The molecule has 4 atom stereocenters. The van der Waals surface area contributed by atoms with Crippen molar-refractivity contribution < 1.29 is 19.2 Å². The fourth-order valence-corrected chi connectivity index (χ4v) is 5.34. The molecule has 0 spiro atoms. The molecular weight excluding hydrogens is 528 g/mol. The van der Waals surface area contributed by atoms with Crippen molar-refractivity contribution in [1.29, 1.82) is 0 Å². The molecular formula is C34H40N4O4. The average Bonchev–Trinajstić information content (AvgIpc) is 3.00. The van der Waals surface area contributed by atoms with Gasteiger partial charge in [-0.1, -0.05) is 105 Å². The van der Waals surface area contributed by atoms with E-state index in [9.17, 15) is 19.2 Å². The Balaban J connectivity index is 1.77. The summed E-state index contributed by atoms with van der Waals surface area (Å²) in [6, 6.07) is 24.7. The molecule has 1 fully saturated rings. The molecule has 0 aliphatic carbocycles. The van der Waals surface area contributed by atoms with Gasteiger partial charge in [0.05, 0.1) is 0 Å². The zero-order chi connectivity index (χ0) is 30.2. The van der Waals surface area contributed by atoms with Gasteiger partial charge in [0.15, 0.2) is 0 Å². The first-order chi connectivity index (χ1) is 20.2. The summed E-state index contributed by atoms with van der Waals surface area (Å²) in [5.74, 6) is -1.83. The SMILES string of the molecule is CC(C)[C@@H]1NC(=O)[C@H](Cc2ccccc2)N(C)C(=O)[C@H](Cc2ccccc2)NC(=O)[C@H](Cc2ccccc2)N(C)C1=O. The third kappa shape index (κ3) is 7.43. The number of rotatable bonds is 7. The van der Waals surface area contributed by atoms with Gasteiger partial charge in [0.25, 0.3) is 0 Å². The van der Waals surface area contributed by atoms with Gasteiger partial charge in [0.2, 0.25) is 23.6 Å². The zero-order valence-corrected chi connectivity index (χ0v) is 24.7. The summed E-state index contributed by atoms with van der Waals surface area (Å²) in [7, 11) is 3.18. The normalized spacial score (nSPS) is 22.3. The van der Waals surface area contributed by atoms with Crippen LogP contribution in [0.3, 0.4) is 0 Å².